The number of rotatable bonds is 3. The quantitative estimate of drug-likeness (QED) is 0.703. The number of hydrogen-bond donors (Lipinski definition) is 1. The number of benzene rings is 1. The van der Waals surface area contributed by atoms with E-state index in [1.54, 1.807) is 12.4 Å². The van der Waals surface area contributed by atoms with Gasteiger partial charge in [-0.3, -0.25) is 4.79 Å². The minimum atomic E-state index is -0.330. The predicted octanol–water partition coefficient (Wildman–Crippen LogP) is 4.13. The third kappa shape index (κ3) is 2.52. The van der Waals surface area contributed by atoms with Crippen molar-refractivity contribution in [3.8, 4) is 10.4 Å². The van der Waals surface area contributed by atoms with Gasteiger partial charge in [-0.05, 0) is 35.9 Å². The number of carbonyl (C=O) groups excluding carboxylic acids is 1. The van der Waals surface area contributed by atoms with E-state index in [9.17, 15) is 4.79 Å². The average molecular weight is 372 g/mol. The molecule has 4 heterocycles. The number of halogens is 1. The van der Waals surface area contributed by atoms with Gasteiger partial charge in [0.05, 0.1) is 23.0 Å². The number of amides is 1. The zero-order chi connectivity index (χ0) is 17.0. The Balaban J connectivity index is 1.39. The van der Waals surface area contributed by atoms with Crippen LogP contribution in [-0.2, 0) is 9.53 Å². The van der Waals surface area contributed by atoms with Gasteiger partial charge in [-0.15, -0.1) is 0 Å². The highest BCUT2D eigenvalue weighted by Crippen LogP contribution is 2.50. The summed E-state index contributed by atoms with van der Waals surface area (Å²) in [4.78, 5) is 21.9. The summed E-state index contributed by atoms with van der Waals surface area (Å²) in [5, 5.41) is 6.11. The van der Waals surface area contributed by atoms with Crippen molar-refractivity contribution in [2.24, 2.45) is 5.41 Å². The Morgan fingerprint density at radius 2 is 2.12 bits per heavy atom. The normalized spacial score (nSPS) is 24.3. The number of ether oxygens (including phenoxy) is 1. The van der Waals surface area contributed by atoms with Gasteiger partial charge >= 0.3 is 0 Å². The summed E-state index contributed by atoms with van der Waals surface area (Å²) in [7, 11) is 0. The molecule has 7 heteroatoms. The summed E-state index contributed by atoms with van der Waals surface area (Å²) < 4.78 is 5.52. The van der Waals surface area contributed by atoms with E-state index in [1.807, 2.05) is 18.2 Å². The summed E-state index contributed by atoms with van der Waals surface area (Å²) in [5.74, 6) is 0.0264. The maximum absolute atomic E-state index is 12.5. The molecular weight excluding hydrogens is 358 g/mol. The van der Waals surface area contributed by atoms with Crippen LogP contribution >= 0.6 is 22.9 Å². The fourth-order valence-electron chi connectivity index (χ4n) is 3.54. The van der Waals surface area contributed by atoms with Gasteiger partial charge in [0.25, 0.3) is 0 Å². The molecule has 2 bridgehead atoms. The van der Waals surface area contributed by atoms with Gasteiger partial charge in [-0.1, -0.05) is 35.1 Å². The highest BCUT2D eigenvalue weighted by Gasteiger charge is 2.57. The molecule has 1 N–H and O–H groups in total. The zero-order valence-electron chi connectivity index (χ0n) is 13.2. The van der Waals surface area contributed by atoms with Crippen molar-refractivity contribution in [3.63, 3.8) is 0 Å². The number of nitrogens with zero attached hydrogens (tertiary/aromatic N) is 2. The number of thiazole rings is 1. The van der Waals surface area contributed by atoms with Crippen molar-refractivity contribution in [3.05, 3.63) is 41.8 Å². The topological polar surface area (TPSA) is 64.1 Å². The Kier molecular flexibility index (Phi) is 3.35. The Morgan fingerprint density at radius 1 is 1.24 bits per heavy atom. The molecule has 2 aromatic heterocycles. The van der Waals surface area contributed by atoms with Crippen molar-refractivity contribution in [2.45, 2.75) is 18.9 Å². The first-order valence-electron chi connectivity index (χ1n) is 8.06. The second-order valence-corrected chi connectivity index (χ2v) is 8.09. The molecule has 126 valence electrons. The van der Waals surface area contributed by atoms with Gasteiger partial charge in [-0.2, -0.15) is 0 Å². The number of hydrogen-bond acceptors (Lipinski definition) is 5. The predicted molar refractivity (Wildman–Crippen MR) is 97.9 cm³/mol. The first kappa shape index (κ1) is 15.3. The fraction of sp³-hybridized carbons (Fsp3) is 0.278. The van der Waals surface area contributed by atoms with Crippen molar-refractivity contribution in [2.75, 3.05) is 11.9 Å². The average Bonchev–Trinajstić information content (AvgIpc) is 3.29. The lowest BCUT2D eigenvalue weighted by atomic mass is 9.70. The number of pyridine rings is 1. The number of carbonyl (C=O) groups is 1. The number of nitrogens with one attached hydrogen (secondary N) is 1. The van der Waals surface area contributed by atoms with Crippen LogP contribution in [0.15, 0.2) is 36.7 Å². The first-order chi connectivity index (χ1) is 12.1. The van der Waals surface area contributed by atoms with Gasteiger partial charge < -0.3 is 10.1 Å². The summed E-state index contributed by atoms with van der Waals surface area (Å²) in [6, 6.07) is 7.94. The van der Waals surface area contributed by atoms with Gasteiger partial charge in [0.2, 0.25) is 5.91 Å². The molecule has 2 aliphatic heterocycles. The van der Waals surface area contributed by atoms with Crippen LogP contribution in [-0.4, -0.2) is 28.6 Å². The van der Waals surface area contributed by atoms with Crippen molar-refractivity contribution < 1.29 is 9.53 Å². The Labute approximate surface area is 153 Å². The summed E-state index contributed by atoms with van der Waals surface area (Å²) in [5.41, 5.74) is 0.710. The molecule has 1 aromatic carbocycles. The third-order valence-corrected chi connectivity index (χ3v) is 6.18. The minimum Gasteiger partial charge on any atom is -0.377 e. The van der Waals surface area contributed by atoms with E-state index in [4.69, 9.17) is 16.3 Å². The lowest BCUT2D eigenvalue weighted by Gasteiger charge is -2.33. The molecule has 3 aliphatic rings. The Bertz CT molecular complexity index is 991. The molecular formula is C18H14ClN3O2S. The van der Waals surface area contributed by atoms with Crippen LogP contribution in [0.2, 0.25) is 5.15 Å². The van der Waals surface area contributed by atoms with Gasteiger partial charge in [-0.25, -0.2) is 9.97 Å². The van der Waals surface area contributed by atoms with Crippen molar-refractivity contribution >= 4 is 44.7 Å². The van der Waals surface area contributed by atoms with Crippen LogP contribution in [0.3, 0.4) is 0 Å². The largest absolute Gasteiger partial charge is 0.377 e. The molecule has 5 nitrogen and oxygen atoms in total. The second-order valence-electron chi connectivity index (χ2n) is 6.67. The number of aromatic nitrogens is 2. The smallest absolute Gasteiger partial charge is 0.234 e. The summed E-state index contributed by atoms with van der Waals surface area (Å²) >= 11 is 7.45. The van der Waals surface area contributed by atoms with Crippen LogP contribution in [0.25, 0.3) is 21.2 Å². The minimum absolute atomic E-state index is 0.0264. The van der Waals surface area contributed by atoms with E-state index < -0.39 is 0 Å². The lowest BCUT2D eigenvalue weighted by Crippen LogP contribution is -2.43. The number of fused-ring (bicyclic) bond motifs is 2. The molecule has 1 amide bonds. The molecule has 1 saturated carbocycles. The summed E-state index contributed by atoms with van der Waals surface area (Å²) in [6.45, 7) is 0.529. The molecule has 2 saturated heterocycles. The molecule has 0 spiro atoms. The second kappa shape index (κ2) is 5.49. The molecule has 3 aromatic rings. The van der Waals surface area contributed by atoms with Crippen LogP contribution in [0.4, 0.5) is 5.13 Å². The Hall–Kier alpha value is -2.02. The molecule has 1 aliphatic carbocycles. The van der Waals surface area contributed by atoms with Crippen molar-refractivity contribution in [1.29, 1.82) is 0 Å². The maximum Gasteiger partial charge on any atom is 0.234 e. The van der Waals surface area contributed by atoms with E-state index >= 15 is 0 Å². The summed E-state index contributed by atoms with van der Waals surface area (Å²) in [6.07, 6.45) is 5.48. The number of anilines is 1. The zero-order valence-corrected chi connectivity index (χ0v) is 14.7. The van der Waals surface area contributed by atoms with E-state index in [2.05, 4.69) is 21.4 Å². The molecule has 25 heavy (non-hydrogen) atoms. The van der Waals surface area contributed by atoms with E-state index in [0.29, 0.717) is 16.9 Å². The highest BCUT2D eigenvalue weighted by molar-refractivity contribution is 7.19. The Morgan fingerprint density at radius 3 is 2.92 bits per heavy atom. The molecule has 6 rings (SSSR count). The van der Waals surface area contributed by atoms with E-state index in [-0.39, 0.29) is 17.4 Å². The molecule has 0 unspecified atom stereocenters. The monoisotopic (exact) mass is 371 g/mol. The van der Waals surface area contributed by atoms with E-state index in [1.165, 1.54) is 11.3 Å². The van der Waals surface area contributed by atoms with Gasteiger partial charge in [0, 0.05) is 17.8 Å². The molecule has 0 radical (unpaired) electrons. The standard InChI is InChI=1S/C18H14ClN3O2S/c19-15-4-12-3-10(1-2-11(12)7-20-15)14-8-21-17(25-14)22-16(23)18-5-13(6-18)24-9-18/h1-4,7-8,13H,5-6,9H2,(H,21,22,23). The fourth-order valence-corrected chi connectivity index (χ4v) is 4.51. The molecule has 0 atom stereocenters. The van der Waals surface area contributed by atoms with Crippen LogP contribution in [0.1, 0.15) is 12.8 Å². The van der Waals surface area contributed by atoms with Crippen LogP contribution in [0.5, 0.6) is 0 Å². The SMILES string of the molecule is O=C(Nc1ncc(-c2ccc3cnc(Cl)cc3c2)s1)C12COC(C1)C2. The molecule has 3 fully saturated rings. The van der Waals surface area contributed by atoms with Gasteiger partial charge in [0.15, 0.2) is 5.13 Å². The van der Waals surface area contributed by atoms with Gasteiger partial charge in [0.1, 0.15) is 5.15 Å². The highest BCUT2D eigenvalue weighted by atomic mass is 35.5. The third-order valence-electron chi connectivity index (χ3n) is 5.01. The lowest BCUT2D eigenvalue weighted by molar-refractivity contribution is -0.127. The van der Waals surface area contributed by atoms with Crippen LogP contribution in [0, 0.1) is 5.41 Å². The maximum atomic E-state index is 12.5. The van der Waals surface area contributed by atoms with Crippen molar-refractivity contribution in [1.82, 2.24) is 9.97 Å². The van der Waals surface area contributed by atoms with E-state index in [0.717, 1.165) is 34.1 Å². The van der Waals surface area contributed by atoms with Crippen LogP contribution < -0.4 is 5.32 Å². The first-order valence-corrected chi connectivity index (χ1v) is 9.25.